The van der Waals surface area contributed by atoms with Crippen LogP contribution in [0.25, 0.3) is 0 Å². The van der Waals surface area contributed by atoms with Gasteiger partial charge >= 0.3 is 6.09 Å². The molecule has 1 aliphatic rings. The standard InChI is InChI=1S/C9H17NO2S/c1-7-5-13-6-10(7)8(11)12-9(2,3)4/h7H,5-6H2,1-4H3. The Bertz CT molecular complexity index is 200. The van der Waals surface area contributed by atoms with E-state index in [1.54, 1.807) is 16.7 Å². The fourth-order valence-electron chi connectivity index (χ4n) is 1.09. The van der Waals surface area contributed by atoms with E-state index < -0.39 is 0 Å². The molecule has 1 unspecified atom stereocenters. The quantitative estimate of drug-likeness (QED) is 0.605. The average Bonchev–Trinajstić information content (AvgIpc) is 2.30. The number of rotatable bonds is 0. The molecule has 0 aromatic carbocycles. The van der Waals surface area contributed by atoms with Crippen LogP contribution in [0.1, 0.15) is 27.7 Å². The van der Waals surface area contributed by atoms with Crippen LogP contribution in [0.5, 0.6) is 0 Å². The number of ether oxygens (including phenoxy) is 1. The van der Waals surface area contributed by atoms with Crippen molar-refractivity contribution in [3.8, 4) is 0 Å². The topological polar surface area (TPSA) is 29.5 Å². The first-order valence-electron chi connectivity index (χ1n) is 4.47. The van der Waals surface area contributed by atoms with Gasteiger partial charge in [0.05, 0.1) is 5.88 Å². The Morgan fingerprint density at radius 2 is 2.15 bits per heavy atom. The number of nitrogens with zero attached hydrogens (tertiary/aromatic N) is 1. The maximum absolute atomic E-state index is 11.6. The van der Waals surface area contributed by atoms with Gasteiger partial charge in [-0.3, -0.25) is 4.90 Å². The summed E-state index contributed by atoms with van der Waals surface area (Å²) >= 11 is 1.77. The summed E-state index contributed by atoms with van der Waals surface area (Å²) in [5, 5.41) is 0. The molecular formula is C9H17NO2S. The van der Waals surface area contributed by atoms with E-state index in [4.69, 9.17) is 4.74 Å². The second-order valence-electron chi connectivity index (χ2n) is 4.30. The summed E-state index contributed by atoms with van der Waals surface area (Å²) in [5.41, 5.74) is -0.385. The molecule has 3 nitrogen and oxygen atoms in total. The summed E-state index contributed by atoms with van der Waals surface area (Å²) in [5.74, 6) is 1.77. The smallest absolute Gasteiger partial charge is 0.411 e. The van der Waals surface area contributed by atoms with Crippen LogP contribution >= 0.6 is 11.8 Å². The van der Waals surface area contributed by atoms with E-state index in [0.29, 0.717) is 6.04 Å². The number of carbonyl (C=O) groups excluding carboxylic acids is 1. The summed E-state index contributed by atoms with van der Waals surface area (Å²) < 4.78 is 5.27. The number of carbonyl (C=O) groups is 1. The minimum atomic E-state index is -0.385. The molecule has 4 heteroatoms. The lowest BCUT2D eigenvalue weighted by Gasteiger charge is -2.26. The lowest BCUT2D eigenvalue weighted by atomic mass is 10.2. The Hall–Kier alpha value is -0.380. The van der Waals surface area contributed by atoms with E-state index in [1.165, 1.54) is 0 Å². The molecule has 1 rings (SSSR count). The van der Waals surface area contributed by atoms with Gasteiger partial charge < -0.3 is 4.74 Å². The largest absolute Gasteiger partial charge is 0.444 e. The van der Waals surface area contributed by atoms with E-state index >= 15 is 0 Å². The molecule has 1 heterocycles. The molecule has 0 radical (unpaired) electrons. The fraction of sp³-hybridized carbons (Fsp3) is 0.889. The molecule has 1 aliphatic heterocycles. The third-order valence-electron chi connectivity index (χ3n) is 1.75. The first kappa shape index (κ1) is 10.7. The zero-order chi connectivity index (χ0) is 10.1. The van der Waals surface area contributed by atoms with Gasteiger partial charge in [-0.25, -0.2) is 4.79 Å². The van der Waals surface area contributed by atoms with Crippen LogP contribution in [0.4, 0.5) is 4.79 Å². The minimum absolute atomic E-state index is 0.190. The van der Waals surface area contributed by atoms with Crippen LogP contribution < -0.4 is 0 Å². The van der Waals surface area contributed by atoms with Crippen molar-refractivity contribution in [3.05, 3.63) is 0 Å². The molecule has 1 fully saturated rings. The maximum atomic E-state index is 11.6. The Kier molecular flexibility index (Phi) is 3.11. The van der Waals surface area contributed by atoms with Crippen LogP contribution in [0.3, 0.4) is 0 Å². The van der Waals surface area contributed by atoms with Gasteiger partial charge in [0.2, 0.25) is 0 Å². The van der Waals surface area contributed by atoms with E-state index in [2.05, 4.69) is 0 Å². The first-order valence-corrected chi connectivity index (χ1v) is 5.63. The Morgan fingerprint density at radius 1 is 1.54 bits per heavy atom. The van der Waals surface area contributed by atoms with Crippen molar-refractivity contribution in [1.29, 1.82) is 0 Å². The van der Waals surface area contributed by atoms with Gasteiger partial charge in [0.25, 0.3) is 0 Å². The van der Waals surface area contributed by atoms with Crippen molar-refractivity contribution in [2.45, 2.75) is 39.3 Å². The van der Waals surface area contributed by atoms with Crippen LogP contribution in [-0.2, 0) is 4.74 Å². The fourth-order valence-corrected chi connectivity index (χ4v) is 2.28. The molecule has 1 saturated heterocycles. The lowest BCUT2D eigenvalue weighted by Crippen LogP contribution is -2.39. The zero-order valence-corrected chi connectivity index (χ0v) is 9.48. The van der Waals surface area contributed by atoms with Gasteiger partial charge in [-0.15, -0.1) is 11.8 Å². The summed E-state index contributed by atoms with van der Waals surface area (Å²) in [6.07, 6.45) is -0.190. The van der Waals surface area contributed by atoms with Crippen molar-refractivity contribution in [2.24, 2.45) is 0 Å². The van der Waals surface area contributed by atoms with E-state index in [1.807, 2.05) is 27.7 Å². The second kappa shape index (κ2) is 3.78. The van der Waals surface area contributed by atoms with Crippen molar-refractivity contribution >= 4 is 17.9 Å². The number of hydrogen-bond acceptors (Lipinski definition) is 3. The summed E-state index contributed by atoms with van der Waals surface area (Å²) in [4.78, 5) is 13.3. The molecule has 1 atom stereocenters. The zero-order valence-electron chi connectivity index (χ0n) is 8.66. The highest BCUT2D eigenvalue weighted by Crippen LogP contribution is 2.22. The molecule has 0 saturated carbocycles. The maximum Gasteiger partial charge on any atom is 0.411 e. The van der Waals surface area contributed by atoms with Crippen LogP contribution in [0.15, 0.2) is 0 Å². The monoisotopic (exact) mass is 203 g/mol. The van der Waals surface area contributed by atoms with Crippen molar-refractivity contribution in [2.75, 3.05) is 11.6 Å². The summed E-state index contributed by atoms with van der Waals surface area (Å²) in [7, 11) is 0. The molecule has 0 spiro atoms. The van der Waals surface area contributed by atoms with Crippen LogP contribution in [-0.4, -0.2) is 34.3 Å². The summed E-state index contributed by atoms with van der Waals surface area (Å²) in [6, 6.07) is 0.305. The highest BCUT2D eigenvalue weighted by Gasteiger charge is 2.29. The van der Waals surface area contributed by atoms with Gasteiger partial charge in [-0.1, -0.05) is 0 Å². The van der Waals surface area contributed by atoms with E-state index in [-0.39, 0.29) is 11.7 Å². The molecule has 13 heavy (non-hydrogen) atoms. The van der Waals surface area contributed by atoms with Gasteiger partial charge in [0.15, 0.2) is 0 Å². The molecule has 0 aromatic heterocycles. The highest BCUT2D eigenvalue weighted by atomic mass is 32.2. The Balaban J connectivity index is 2.48. The van der Waals surface area contributed by atoms with Gasteiger partial charge in [-0.05, 0) is 27.7 Å². The Morgan fingerprint density at radius 3 is 2.54 bits per heavy atom. The molecule has 1 amide bonds. The van der Waals surface area contributed by atoms with Gasteiger partial charge in [0.1, 0.15) is 5.60 Å². The predicted octanol–water partition coefficient (Wildman–Crippen LogP) is 2.32. The Labute approximate surface area is 83.8 Å². The van der Waals surface area contributed by atoms with Gasteiger partial charge in [-0.2, -0.15) is 0 Å². The molecule has 0 aromatic rings. The van der Waals surface area contributed by atoms with Crippen LogP contribution in [0, 0.1) is 0 Å². The van der Waals surface area contributed by atoms with E-state index in [0.717, 1.165) is 11.6 Å². The molecule has 0 aliphatic carbocycles. The van der Waals surface area contributed by atoms with Crippen molar-refractivity contribution in [1.82, 2.24) is 4.90 Å². The predicted molar refractivity (Wildman–Crippen MR) is 54.9 cm³/mol. The van der Waals surface area contributed by atoms with Crippen LogP contribution in [0.2, 0.25) is 0 Å². The molecular weight excluding hydrogens is 186 g/mol. The SMILES string of the molecule is CC1CSCN1C(=O)OC(C)(C)C. The first-order chi connectivity index (χ1) is 5.90. The second-order valence-corrected chi connectivity index (χ2v) is 5.30. The molecule has 0 bridgehead atoms. The van der Waals surface area contributed by atoms with Crippen molar-refractivity contribution < 1.29 is 9.53 Å². The third kappa shape index (κ3) is 3.10. The highest BCUT2D eigenvalue weighted by molar-refractivity contribution is 7.99. The number of amides is 1. The molecule has 0 N–H and O–H groups in total. The summed E-state index contributed by atoms with van der Waals surface area (Å²) in [6.45, 7) is 7.71. The van der Waals surface area contributed by atoms with Crippen molar-refractivity contribution in [3.63, 3.8) is 0 Å². The number of hydrogen-bond donors (Lipinski definition) is 0. The van der Waals surface area contributed by atoms with Gasteiger partial charge in [0, 0.05) is 11.8 Å². The minimum Gasteiger partial charge on any atom is -0.444 e. The lowest BCUT2D eigenvalue weighted by molar-refractivity contribution is 0.0252. The average molecular weight is 203 g/mol. The third-order valence-corrected chi connectivity index (χ3v) is 2.93. The number of thioether (sulfide) groups is 1. The normalized spacial score (nSPS) is 23.4. The molecule has 76 valence electrons. The van der Waals surface area contributed by atoms with E-state index in [9.17, 15) is 4.79 Å².